The predicted octanol–water partition coefficient (Wildman–Crippen LogP) is 0.563. The molecule has 0 spiro atoms. The largest absolute Gasteiger partial charge is 0.352 e. The molecule has 1 heterocycles. The Morgan fingerprint density at radius 3 is 3.00 bits per heavy atom. The third kappa shape index (κ3) is 4.56. The van der Waals surface area contributed by atoms with Crippen LogP contribution >= 0.6 is 0 Å². The van der Waals surface area contributed by atoms with Crippen molar-refractivity contribution in [2.24, 2.45) is 0 Å². The second-order valence-electron chi connectivity index (χ2n) is 3.59. The van der Waals surface area contributed by atoms with E-state index in [-0.39, 0.29) is 5.91 Å². The summed E-state index contributed by atoms with van der Waals surface area (Å²) in [7, 11) is 4.02. The average Bonchev–Trinajstić information content (AvgIpc) is 2.25. The molecule has 0 aliphatic rings. The summed E-state index contributed by atoms with van der Waals surface area (Å²) in [5.41, 5.74) is 0.558. The lowest BCUT2D eigenvalue weighted by molar-refractivity contribution is 0.0952. The van der Waals surface area contributed by atoms with Gasteiger partial charge in [0.25, 0.3) is 5.91 Å². The highest BCUT2D eigenvalue weighted by Crippen LogP contribution is 1.94. The van der Waals surface area contributed by atoms with Crippen LogP contribution < -0.4 is 5.32 Å². The first-order valence-electron chi connectivity index (χ1n) is 4.94. The van der Waals surface area contributed by atoms with Gasteiger partial charge < -0.3 is 10.2 Å². The highest BCUT2D eigenvalue weighted by Gasteiger charge is 2.03. The number of nitrogens with zero attached hydrogens (tertiary/aromatic N) is 2. The number of carbonyl (C=O) groups is 1. The van der Waals surface area contributed by atoms with Gasteiger partial charge in [0.05, 0.1) is 5.56 Å². The van der Waals surface area contributed by atoms with Crippen molar-refractivity contribution in [3.63, 3.8) is 0 Å². The smallest absolute Gasteiger partial charge is 0.252 e. The second kappa shape index (κ2) is 6.14. The number of nitrogens with one attached hydrogen (secondary N) is 1. The van der Waals surface area contributed by atoms with E-state index in [0.29, 0.717) is 12.1 Å². The van der Waals surface area contributed by atoms with Crippen LogP contribution in [0.15, 0.2) is 18.5 Å². The molecule has 0 aromatic carbocycles. The molecule has 1 rings (SSSR count). The van der Waals surface area contributed by atoms with Gasteiger partial charge in [0, 0.05) is 25.0 Å². The number of carbonyl (C=O) groups excluding carboxylic acids is 1. The standard InChI is InChI=1S/C11H16N3O/c1-14(2)8-4-7-13-11(15)10-5-3-6-12-9-10/h5-6,9H,4,7-8H2,1-2H3,(H,13,15). The minimum atomic E-state index is -0.0851. The van der Waals surface area contributed by atoms with Crippen molar-refractivity contribution in [2.45, 2.75) is 6.42 Å². The summed E-state index contributed by atoms with van der Waals surface area (Å²) < 4.78 is 0. The maximum absolute atomic E-state index is 11.5. The Kier molecular flexibility index (Phi) is 4.77. The molecule has 4 heteroatoms. The summed E-state index contributed by atoms with van der Waals surface area (Å²) >= 11 is 0. The third-order valence-electron chi connectivity index (χ3n) is 1.93. The van der Waals surface area contributed by atoms with Crippen molar-refractivity contribution in [2.75, 3.05) is 27.2 Å². The first-order valence-corrected chi connectivity index (χ1v) is 4.94. The van der Waals surface area contributed by atoms with E-state index in [1.54, 1.807) is 6.07 Å². The number of rotatable bonds is 5. The van der Waals surface area contributed by atoms with Gasteiger partial charge in [-0.25, -0.2) is 0 Å². The Bertz CT molecular complexity index is 298. The lowest BCUT2D eigenvalue weighted by Crippen LogP contribution is -2.27. The summed E-state index contributed by atoms with van der Waals surface area (Å²) in [4.78, 5) is 17.4. The van der Waals surface area contributed by atoms with E-state index in [2.05, 4.69) is 21.3 Å². The molecule has 4 nitrogen and oxygen atoms in total. The Balaban J connectivity index is 2.25. The number of pyridine rings is 1. The van der Waals surface area contributed by atoms with Gasteiger partial charge in [-0.05, 0) is 33.1 Å². The summed E-state index contributed by atoms with van der Waals surface area (Å²) in [6, 6.07) is 4.40. The van der Waals surface area contributed by atoms with E-state index in [1.165, 1.54) is 12.4 Å². The minimum absolute atomic E-state index is 0.0851. The number of aromatic nitrogens is 1. The minimum Gasteiger partial charge on any atom is -0.352 e. The van der Waals surface area contributed by atoms with Crippen molar-refractivity contribution < 1.29 is 4.79 Å². The Hall–Kier alpha value is -1.42. The molecule has 0 fully saturated rings. The molecule has 1 aromatic rings. The van der Waals surface area contributed by atoms with Gasteiger partial charge in [0.2, 0.25) is 0 Å². The fraction of sp³-hybridized carbons (Fsp3) is 0.455. The SMILES string of the molecule is CN(C)CCCNC(=O)c1c[c]cnc1. The predicted molar refractivity (Wildman–Crippen MR) is 58.6 cm³/mol. The summed E-state index contributed by atoms with van der Waals surface area (Å²) in [5.74, 6) is -0.0851. The molecule has 0 unspecified atom stereocenters. The highest BCUT2D eigenvalue weighted by atomic mass is 16.1. The van der Waals surface area contributed by atoms with Crippen LogP contribution in [0.4, 0.5) is 0 Å². The Morgan fingerprint density at radius 2 is 2.40 bits per heavy atom. The first kappa shape index (κ1) is 11.7. The molecule has 0 aliphatic heterocycles. The summed E-state index contributed by atoms with van der Waals surface area (Å²) in [6.07, 6.45) is 4.02. The summed E-state index contributed by atoms with van der Waals surface area (Å²) in [6.45, 7) is 1.66. The van der Waals surface area contributed by atoms with Crippen molar-refractivity contribution in [3.8, 4) is 0 Å². The molecular weight excluding hydrogens is 190 g/mol. The Morgan fingerprint density at radius 1 is 1.60 bits per heavy atom. The molecule has 81 valence electrons. The van der Waals surface area contributed by atoms with E-state index in [9.17, 15) is 4.79 Å². The molecule has 0 saturated carbocycles. The zero-order valence-electron chi connectivity index (χ0n) is 9.16. The van der Waals surface area contributed by atoms with Crippen LogP contribution in [0.25, 0.3) is 0 Å². The lowest BCUT2D eigenvalue weighted by atomic mass is 10.2. The molecule has 0 bridgehead atoms. The molecule has 1 amide bonds. The van der Waals surface area contributed by atoms with E-state index in [0.717, 1.165) is 13.0 Å². The maximum atomic E-state index is 11.5. The maximum Gasteiger partial charge on any atom is 0.252 e. The third-order valence-corrected chi connectivity index (χ3v) is 1.93. The van der Waals surface area contributed by atoms with Crippen LogP contribution in [0, 0.1) is 6.07 Å². The second-order valence-corrected chi connectivity index (χ2v) is 3.59. The van der Waals surface area contributed by atoms with Crippen molar-refractivity contribution in [3.05, 3.63) is 30.1 Å². The van der Waals surface area contributed by atoms with Gasteiger partial charge in [-0.1, -0.05) is 0 Å². The molecule has 1 radical (unpaired) electrons. The molecule has 0 aliphatic carbocycles. The average molecular weight is 206 g/mol. The monoisotopic (exact) mass is 206 g/mol. The van der Waals surface area contributed by atoms with E-state index in [4.69, 9.17) is 0 Å². The molecule has 15 heavy (non-hydrogen) atoms. The molecule has 0 saturated heterocycles. The zero-order valence-corrected chi connectivity index (χ0v) is 9.16. The molecule has 1 aromatic heterocycles. The summed E-state index contributed by atoms with van der Waals surface area (Å²) in [5, 5.41) is 2.83. The van der Waals surface area contributed by atoms with Gasteiger partial charge in [0.1, 0.15) is 0 Å². The van der Waals surface area contributed by atoms with Crippen molar-refractivity contribution in [1.82, 2.24) is 15.2 Å². The zero-order chi connectivity index (χ0) is 11.1. The van der Waals surface area contributed by atoms with Crippen LogP contribution in [0.5, 0.6) is 0 Å². The van der Waals surface area contributed by atoms with Crippen LogP contribution in [0.3, 0.4) is 0 Å². The van der Waals surface area contributed by atoms with E-state index >= 15 is 0 Å². The van der Waals surface area contributed by atoms with Crippen LogP contribution in [0.2, 0.25) is 0 Å². The molecular formula is C11H16N3O. The quantitative estimate of drug-likeness (QED) is 0.716. The number of amides is 1. The molecule has 1 N–H and O–H groups in total. The van der Waals surface area contributed by atoms with Gasteiger partial charge in [-0.3, -0.25) is 9.78 Å². The topological polar surface area (TPSA) is 45.2 Å². The fourth-order valence-corrected chi connectivity index (χ4v) is 1.15. The van der Waals surface area contributed by atoms with Gasteiger partial charge in [0.15, 0.2) is 0 Å². The highest BCUT2D eigenvalue weighted by molar-refractivity contribution is 5.93. The first-order chi connectivity index (χ1) is 7.20. The van der Waals surface area contributed by atoms with Crippen molar-refractivity contribution >= 4 is 5.91 Å². The van der Waals surface area contributed by atoms with Crippen LogP contribution in [0.1, 0.15) is 16.8 Å². The number of hydrogen-bond donors (Lipinski definition) is 1. The lowest BCUT2D eigenvalue weighted by Gasteiger charge is -2.09. The van der Waals surface area contributed by atoms with Crippen molar-refractivity contribution in [1.29, 1.82) is 0 Å². The molecule has 0 atom stereocenters. The normalized spacial score (nSPS) is 10.3. The number of hydrogen-bond acceptors (Lipinski definition) is 3. The van der Waals surface area contributed by atoms with Gasteiger partial charge in [-0.15, -0.1) is 0 Å². The van der Waals surface area contributed by atoms with E-state index in [1.807, 2.05) is 14.1 Å². The van der Waals surface area contributed by atoms with Crippen LogP contribution in [-0.4, -0.2) is 43.0 Å². The van der Waals surface area contributed by atoms with Gasteiger partial charge >= 0.3 is 0 Å². The Labute approximate surface area is 90.3 Å². The fourth-order valence-electron chi connectivity index (χ4n) is 1.15. The van der Waals surface area contributed by atoms with Gasteiger partial charge in [-0.2, -0.15) is 0 Å². The van der Waals surface area contributed by atoms with Crippen LogP contribution in [-0.2, 0) is 0 Å². The van der Waals surface area contributed by atoms with E-state index < -0.39 is 0 Å².